The highest BCUT2D eigenvalue weighted by atomic mass is 32.2. The normalized spacial score (nSPS) is 11.4. The van der Waals surface area contributed by atoms with Gasteiger partial charge >= 0.3 is 5.51 Å². The van der Waals surface area contributed by atoms with Crippen LogP contribution in [0.4, 0.5) is 13.2 Å². The summed E-state index contributed by atoms with van der Waals surface area (Å²) in [6.07, 6.45) is 0. The van der Waals surface area contributed by atoms with E-state index >= 15 is 0 Å². The number of thioether (sulfide) groups is 2. The number of alkyl halides is 3. The van der Waals surface area contributed by atoms with Crippen LogP contribution in [0.5, 0.6) is 0 Å². The van der Waals surface area contributed by atoms with Gasteiger partial charge in [0.05, 0.1) is 0 Å². The molecule has 0 bridgehead atoms. The zero-order valence-electron chi connectivity index (χ0n) is 11.3. The fourth-order valence-corrected chi connectivity index (χ4v) is 3.06. The van der Waals surface area contributed by atoms with Crippen LogP contribution in [0.25, 0.3) is 0 Å². The lowest BCUT2D eigenvalue weighted by atomic mass is 10.1. The first-order valence-corrected chi connectivity index (χ1v) is 8.01. The second-order valence-corrected chi connectivity index (χ2v) is 6.56. The lowest BCUT2D eigenvalue weighted by molar-refractivity contribution is -0.0328. The summed E-state index contributed by atoms with van der Waals surface area (Å²) >= 11 is 1.38. The molecular weight excluding hydrogens is 331 g/mol. The molecule has 2 nitrogen and oxygen atoms in total. The molecule has 2 rings (SSSR count). The number of primary amides is 1. The standard InChI is InChI=1S/C15H12F3NOS2/c16-15(17,18)22-13-7-5-12(6-8-13)21-9-10-1-3-11(4-2-10)14(19)20/h1-8H,9H2,(H2,19,20). The van der Waals surface area contributed by atoms with E-state index in [4.69, 9.17) is 5.73 Å². The summed E-state index contributed by atoms with van der Waals surface area (Å²) in [7, 11) is 0. The number of halogens is 3. The van der Waals surface area contributed by atoms with E-state index in [-0.39, 0.29) is 16.7 Å². The van der Waals surface area contributed by atoms with Crippen molar-refractivity contribution in [2.24, 2.45) is 5.73 Å². The Bertz CT molecular complexity index is 639. The van der Waals surface area contributed by atoms with Crippen molar-refractivity contribution in [3.05, 3.63) is 59.7 Å². The monoisotopic (exact) mass is 343 g/mol. The van der Waals surface area contributed by atoms with Gasteiger partial charge < -0.3 is 5.73 Å². The van der Waals surface area contributed by atoms with Crippen LogP contribution in [0.15, 0.2) is 58.3 Å². The van der Waals surface area contributed by atoms with Crippen LogP contribution in [0, 0.1) is 0 Å². The number of carbonyl (C=O) groups excluding carboxylic acids is 1. The van der Waals surface area contributed by atoms with Gasteiger partial charge in [-0.15, -0.1) is 11.8 Å². The molecule has 0 radical (unpaired) electrons. The van der Waals surface area contributed by atoms with E-state index in [0.717, 1.165) is 10.5 Å². The van der Waals surface area contributed by atoms with E-state index in [1.165, 1.54) is 23.9 Å². The van der Waals surface area contributed by atoms with Gasteiger partial charge in [0, 0.05) is 21.1 Å². The van der Waals surface area contributed by atoms with E-state index in [2.05, 4.69) is 0 Å². The molecule has 2 N–H and O–H groups in total. The minimum Gasteiger partial charge on any atom is -0.366 e. The molecule has 0 saturated heterocycles. The maximum absolute atomic E-state index is 12.2. The molecule has 0 heterocycles. The van der Waals surface area contributed by atoms with E-state index in [0.29, 0.717) is 11.3 Å². The Morgan fingerprint density at radius 3 is 2.00 bits per heavy atom. The molecule has 1 amide bonds. The number of hydrogen-bond donors (Lipinski definition) is 1. The van der Waals surface area contributed by atoms with Crippen molar-refractivity contribution < 1.29 is 18.0 Å². The minimum absolute atomic E-state index is 0.125. The lowest BCUT2D eigenvalue weighted by Crippen LogP contribution is -2.10. The molecule has 0 aliphatic carbocycles. The molecular formula is C15H12F3NOS2. The number of hydrogen-bond acceptors (Lipinski definition) is 3. The predicted molar refractivity (Wildman–Crippen MR) is 82.9 cm³/mol. The van der Waals surface area contributed by atoms with Gasteiger partial charge in [-0.25, -0.2) is 0 Å². The summed E-state index contributed by atoms with van der Waals surface area (Å²) in [4.78, 5) is 12.0. The number of amides is 1. The maximum atomic E-state index is 12.2. The molecule has 2 aromatic carbocycles. The van der Waals surface area contributed by atoms with Crippen molar-refractivity contribution in [2.75, 3.05) is 0 Å². The van der Waals surface area contributed by atoms with Gasteiger partial charge in [-0.05, 0) is 53.7 Å². The Hall–Kier alpha value is -1.60. The van der Waals surface area contributed by atoms with Gasteiger partial charge in [0.15, 0.2) is 0 Å². The fourth-order valence-electron chi connectivity index (χ4n) is 1.67. The minimum atomic E-state index is -4.27. The summed E-state index contributed by atoms with van der Waals surface area (Å²) in [5.74, 6) is 0.183. The molecule has 116 valence electrons. The van der Waals surface area contributed by atoms with E-state index in [9.17, 15) is 18.0 Å². The van der Waals surface area contributed by atoms with Crippen LogP contribution in [-0.2, 0) is 5.75 Å². The zero-order chi connectivity index (χ0) is 16.2. The van der Waals surface area contributed by atoms with Gasteiger partial charge in [-0.2, -0.15) is 13.2 Å². The summed E-state index contributed by atoms with van der Waals surface area (Å²) in [5.41, 5.74) is 2.34. The summed E-state index contributed by atoms with van der Waals surface area (Å²) < 4.78 is 36.7. The third-order valence-corrected chi connectivity index (χ3v) is 4.52. The van der Waals surface area contributed by atoms with Crippen LogP contribution >= 0.6 is 23.5 Å². The topological polar surface area (TPSA) is 43.1 Å². The van der Waals surface area contributed by atoms with Crippen LogP contribution in [0.2, 0.25) is 0 Å². The Morgan fingerprint density at radius 1 is 0.955 bits per heavy atom. The summed E-state index contributed by atoms with van der Waals surface area (Å²) in [5, 5.41) is 0. The van der Waals surface area contributed by atoms with E-state index < -0.39 is 11.4 Å². The number of rotatable bonds is 5. The SMILES string of the molecule is NC(=O)c1ccc(CSc2ccc(SC(F)(F)F)cc2)cc1. The molecule has 0 aliphatic rings. The molecule has 0 aliphatic heterocycles. The molecule has 0 atom stereocenters. The molecule has 22 heavy (non-hydrogen) atoms. The number of nitrogens with two attached hydrogens (primary N) is 1. The number of benzene rings is 2. The van der Waals surface area contributed by atoms with Crippen molar-refractivity contribution >= 4 is 29.4 Å². The van der Waals surface area contributed by atoms with Gasteiger partial charge in [-0.3, -0.25) is 4.79 Å². The second kappa shape index (κ2) is 7.11. The molecule has 2 aromatic rings. The molecule has 0 fully saturated rings. The highest BCUT2D eigenvalue weighted by Crippen LogP contribution is 2.37. The first kappa shape index (κ1) is 16.8. The van der Waals surface area contributed by atoms with Gasteiger partial charge in [-0.1, -0.05) is 12.1 Å². The van der Waals surface area contributed by atoms with Crippen LogP contribution in [0.1, 0.15) is 15.9 Å². The largest absolute Gasteiger partial charge is 0.446 e. The van der Waals surface area contributed by atoms with Crippen molar-refractivity contribution in [2.45, 2.75) is 21.1 Å². The van der Waals surface area contributed by atoms with Crippen molar-refractivity contribution in [3.8, 4) is 0 Å². The Morgan fingerprint density at radius 2 is 1.50 bits per heavy atom. The molecule has 0 saturated carbocycles. The first-order valence-electron chi connectivity index (χ1n) is 6.21. The van der Waals surface area contributed by atoms with Crippen LogP contribution in [0.3, 0.4) is 0 Å². The second-order valence-electron chi connectivity index (χ2n) is 4.37. The Labute approximate surface area is 134 Å². The molecule has 7 heteroatoms. The van der Waals surface area contributed by atoms with Gasteiger partial charge in [0.1, 0.15) is 0 Å². The lowest BCUT2D eigenvalue weighted by Gasteiger charge is -2.07. The Kier molecular flexibility index (Phi) is 5.42. The van der Waals surface area contributed by atoms with Gasteiger partial charge in [0.25, 0.3) is 0 Å². The van der Waals surface area contributed by atoms with Crippen molar-refractivity contribution in [3.63, 3.8) is 0 Å². The van der Waals surface area contributed by atoms with Crippen LogP contribution < -0.4 is 5.73 Å². The maximum Gasteiger partial charge on any atom is 0.446 e. The summed E-state index contributed by atoms with van der Waals surface area (Å²) in [6, 6.07) is 13.2. The molecule has 0 unspecified atom stereocenters. The highest BCUT2D eigenvalue weighted by molar-refractivity contribution is 8.00. The van der Waals surface area contributed by atoms with E-state index in [1.54, 1.807) is 36.4 Å². The third-order valence-electron chi connectivity index (χ3n) is 2.70. The quantitative estimate of drug-likeness (QED) is 0.801. The molecule has 0 spiro atoms. The van der Waals surface area contributed by atoms with E-state index in [1.807, 2.05) is 0 Å². The average molecular weight is 343 g/mol. The van der Waals surface area contributed by atoms with Crippen LogP contribution in [-0.4, -0.2) is 11.4 Å². The Balaban J connectivity index is 1.92. The third kappa shape index (κ3) is 5.31. The number of carbonyl (C=O) groups is 1. The zero-order valence-corrected chi connectivity index (χ0v) is 12.9. The van der Waals surface area contributed by atoms with Crippen molar-refractivity contribution in [1.82, 2.24) is 0 Å². The van der Waals surface area contributed by atoms with Gasteiger partial charge in [0.2, 0.25) is 5.91 Å². The summed E-state index contributed by atoms with van der Waals surface area (Å²) in [6.45, 7) is 0. The van der Waals surface area contributed by atoms with Crippen molar-refractivity contribution in [1.29, 1.82) is 0 Å². The fraction of sp³-hybridized carbons (Fsp3) is 0.133. The predicted octanol–water partition coefficient (Wildman–Crippen LogP) is 4.69. The average Bonchev–Trinajstić information content (AvgIpc) is 2.45. The molecule has 0 aromatic heterocycles. The first-order chi connectivity index (χ1) is 10.3. The smallest absolute Gasteiger partial charge is 0.366 e. The highest BCUT2D eigenvalue weighted by Gasteiger charge is 2.28.